The lowest BCUT2D eigenvalue weighted by atomic mass is 9.92. The van der Waals surface area contributed by atoms with Gasteiger partial charge in [0.05, 0.1) is 26.4 Å². The predicted molar refractivity (Wildman–Crippen MR) is 152 cm³/mol. The van der Waals surface area contributed by atoms with E-state index in [1.54, 1.807) is 12.1 Å². The van der Waals surface area contributed by atoms with Crippen LogP contribution in [0.5, 0.6) is 11.5 Å². The summed E-state index contributed by atoms with van der Waals surface area (Å²) in [6.07, 6.45) is -0.105. The zero-order valence-electron chi connectivity index (χ0n) is 20.5. The van der Waals surface area contributed by atoms with Crippen molar-refractivity contribution in [1.82, 2.24) is 0 Å². The summed E-state index contributed by atoms with van der Waals surface area (Å²) in [5.74, 6) is -0.441. The van der Waals surface area contributed by atoms with E-state index in [4.69, 9.17) is 4.74 Å². The Labute approximate surface area is 232 Å². The van der Waals surface area contributed by atoms with Crippen LogP contribution in [0.3, 0.4) is 0 Å². The monoisotopic (exact) mass is 634 g/mol. The number of carbonyl (C=O) groups is 2. The number of halogens is 2. The first-order valence-electron chi connectivity index (χ1n) is 11.4. The molecule has 1 unspecified atom stereocenters. The number of hydrogen-bond acceptors (Lipinski definition) is 4. The molecule has 3 aromatic rings. The van der Waals surface area contributed by atoms with Crippen LogP contribution in [0.25, 0.3) is 0 Å². The molecule has 0 saturated heterocycles. The number of aliphatic carboxylic acids is 2. The van der Waals surface area contributed by atoms with E-state index in [0.717, 1.165) is 27.8 Å². The van der Waals surface area contributed by atoms with Crippen molar-refractivity contribution in [3.8, 4) is 11.5 Å². The Bertz CT molecular complexity index is 1270. The number of hydrogen-bond donors (Lipinski definition) is 2. The first-order chi connectivity index (χ1) is 17.0. The number of benzene rings is 3. The SMILES string of the molecule is Cc1cccc(C(SCC(=O)O)c2cc(C)c(C(C)C)cc2Oc2c(Br)cc(CC(=O)O)cc2Br)c1. The molecule has 1 atom stereocenters. The summed E-state index contributed by atoms with van der Waals surface area (Å²) in [5.41, 5.74) is 5.84. The number of aryl methyl sites for hydroxylation is 2. The van der Waals surface area contributed by atoms with Gasteiger partial charge in [-0.05, 0) is 92.1 Å². The number of carboxylic acid groups (broad SMARTS) is 2. The summed E-state index contributed by atoms with van der Waals surface area (Å²) in [5, 5.41) is 18.3. The van der Waals surface area contributed by atoms with Gasteiger partial charge in [0, 0.05) is 5.56 Å². The van der Waals surface area contributed by atoms with Gasteiger partial charge in [-0.2, -0.15) is 0 Å². The molecule has 8 heteroatoms. The molecular formula is C28H28Br2O5S. The minimum Gasteiger partial charge on any atom is -0.481 e. The highest BCUT2D eigenvalue weighted by atomic mass is 79.9. The van der Waals surface area contributed by atoms with E-state index >= 15 is 0 Å². The number of ether oxygens (including phenoxy) is 1. The van der Waals surface area contributed by atoms with Crippen LogP contribution < -0.4 is 4.74 Å². The first-order valence-corrected chi connectivity index (χ1v) is 14.0. The molecule has 0 spiro atoms. The summed E-state index contributed by atoms with van der Waals surface area (Å²) in [4.78, 5) is 22.7. The van der Waals surface area contributed by atoms with Crippen LogP contribution in [0.2, 0.25) is 0 Å². The summed E-state index contributed by atoms with van der Waals surface area (Å²) < 4.78 is 7.76. The average Bonchev–Trinajstić information content (AvgIpc) is 2.76. The molecule has 3 aromatic carbocycles. The molecule has 190 valence electrons. The summed E-state index contributed by atoms with van der Waals surface area (Å²) >= 11 is 8.43. The highest BCUT2D eigenvalue weighted by Crippen LogP contribution is 2.46. The molecule has 0 aliphatic carbocycles. The standard InChI is InChI=1S/C28H28Br2O5S/c1-15(2)20-13-24(35-27-22(29)10-18(11-23(27)30)12-25(31)32)21(9-17(20)4)28(36-14-26(33)34)19-7-5-6-16(3)8-19/h5-11,13,15,28H,12,14H2,1-4H3,(H,31,32)(H,33,34). The largest absolute Gasteiger partial charge is 0.481 e. The molecule has 3 rings (SSSR count). The van der Waals surface area contributed by atoms with Gasteiger partial charge in [0.15, 0.2) is 5.75 Å². The molecule has 0 heterocycles. The minimum atomic E-state index is -0.915. The van der Waals surface area contributed by atoms with Crippen molar-refractivity contribution >= 4 is 55.6 Å². The Kier molecular flexibility index (Phi) is 9.66. The van der Waals surface area contributed by atoms with E-state index in [1.807, 2.05) is 31.2 Å². The summed E-state index contributed by atoms with van der Waals surface area (Å²) in [7, 11) is 0. The Balaban J connectivity index is 2.18. The molecule has 0 radical (unpaired) electrons. The minimum absolute atomic E-state index is 0.0553. The molecular weight excluding hydrogens is 608 g/mol. The van der Waals surface area contributed by atoms with Crippen molar-refractivity contribution in [1.29, 1.82) is 0 Å². The number of rotatable bonds is 10. The summed E-state index contributed by atoms with van der Waals surface area (Å²) in [6, 6.07) is 15.7. The molecule has 0 aliphatic heterocycles. The maximum Gasteiger partial charge on any atom is 0.313 e. The fourth-order valence-corrected chi connectivity index (χ4v) is 6.55. The first kappa shape index (κ1) is 28.3. The molecule has 0 saturated carbocycles. The van der Waals surface area contributed by atoms with Crippen LogP contribution >= 0.6 is 43.6 Å². The van der Waals surface area contributed by atoms with Gasteiger partial charge in [0.1, 0.15) is 5.75 Å². The zero-order valence-corrected chi connectivity index (χ0v) is 24.5. The van der Waals surface area contributed by atoms with Gasteiger partial charge in [0.25, 0.3) is 0 Å². The highest BCUT2D eigenvalue weighted by molar-refractivity contribution is 9.11. The predicted octanol–water partition coefficient (Wildman–Crippen LogP) is 8.28. The zero-order chi connectivity index (χ0) is 26.6. The number of carboxylic acids is 2. The van der Waals surface area contributed by atoms with Crippen molar-refractivity contribution in [2.45, 2.75) is 45.3 Å². The molecule has 0 fully saturated rings. The average molecular weight is 636 g/mol. The Morgan fingerprint density at radius 3 is 2.17 bits per heavy atom. The molecule has 2 N–H and O–H groups in total. The quantitative estimate of drug-likeness (QED) is 0.233. The molecule has 5 nitrogen and oxygen atoms in total. The third-order valence-corrected chi connectivity index (χ3v) is 8.10. The van der Waals surface area contributed by atoms with Crippen LogP contribution in [0.4, 0.5) is 0 Å². The van der Waals surface area contributed by atoms with Gasteiger partial charge in [0.2, 0.25) is 0 Å². The van der Waals surface area contributed by atoms with Gasteiger partial charge in [-0.1, -0.05) is 49.7 Å². The Morgan fingerprint density at radius 2 is 1.61 bits per heavy atom. The Hall–Kier alpha value is -2.29. The van der Waals surface area contributed by atoms with E-state index < -0.39 is 11.9 Å². The van der Waals surface area contributed by atoms with Crippen LogP contribution in [0, 0.1) is 13.8 Å². The van der Waals surface area contributed by atoms with Crippen molar-refractivity contribution in [3.63, 3.8) is 0 Å². The maximum atomic E-state index is 11.5. The van der Waals surface area contributed by atoms with Crippen molar-refractivity contribution in [2.24, 2.45) is 0 Å². The normalized spacial score (nSPS) is 12.0. The second-order valence-electron chi connectivity index (χ2n) is 8.96. The van der Waals surface area contributed by atoms with E-state index in [9.17, 15) is 19.8 Å². The smallest absolute Gasteiger partial charge is 0.313 e. The van der Waals surface area contributed by atoms with E-state index in [-0.39, 0.29) is 23.3 Å². The molecule has 36 heavy (non-hydrogen) atoms. The van der Waals surface area contributed by atoms with Crippen molar-refractivity contribution in [2.75, 3.05) is 5.75 Å². The van der Waals surface area contributed by atoms with Crippen molar-refractivity contribution in [3.05, 3.63) is 90.9 Å². The topological polar surface area (TPSA) is 83.8 Å². The molecule has 0 amide bonds. The molecule has 0 bridgehead atoms. The van der Waals surface area contributed by atoms with E-state index in [1.165, 1.54) is 11.8 Å². The van der Waals surface area contributed by atoms with Gasteiger partial charge >= 0.3 is 11.9 Å². The molecule has 0 aliphatic rings. The van der Waals surface area contributed by atoms with Gasteiger partial charge in [-0.25, -0.2) is 0 Å². The lowest BCUT2D eigenvalue weighted by Gasteiger charge is -2.24. The van der Waals surface area contributed by atoms with E-state index in [0.29, 0.717) is 26.0 Å². The van der Waals surface area contributed by atoms with E-state index in [2.05, 4.69) is 64.8 Å². The highest BCUT2D eigenvalue weighted by Gasteiger charge is 2.24. The third kappa shape index (κ3) is 7.14. The van der Waals surface area contributed by atoms with Crippen LogP contribution in [0.1, 0.15) is 58.4 Å². The number of thioether (sulfide) groups is 1. The Morgan fingerprint density at radius 1 is 0.944 bits per heavy atom. The second-order valence-corrected chi connectivity index (χ2v) is 11.8. The lowest BCUT2D eigenvalue weighted by molar-refractivity contribution is -0.136. The third-order valence-electron chi connectivity index (χ3n) is 5.65. The van der Waals surface area contributed by atoms with Gasteiger partial charge < -0.3 is 14.9 Å². The lowest BCUT2D eigenvalue weighted by Crippen LogP contribution is -2.07. The summed E-state index contributed by atoms with van der Waals surface area (Å²) in [6.45, 7) is 8.31. The fraction of sp³-hybridized carbons (Fsp3) is 0.286. The van der Waals surface area contributed by atoms with Crippen molar-refractivity contribution < 1.29 is 24.5 Å². The fourth-order valence-electron chi connectivity index (χ4n) is 4.09. The van der Waals surface area contributed by atoms with Crippen LogP contribution in [-0.4, -0.2) is 27.9 Å². The van der Waals surface area contributed by atoms with Gasteiger partial charge in [-0.15, -0.1) is 11.8 Å². The van der Waals surface area contributed by atoms with Gasteiger partial charge in [-0.3, -0.25) is 9.59 Å². The van der Waals surface area contributed by atoms with Crippen LogP contribution in [-0.2, 0) is 16.0 Å². The molecule has 0 aromatic heterocycles. The maximum absolute atomic E-state index is 11.5. The van der Waals surface area contributed by atoms with Crippen LogP contribution in [0.15, 0.2) is 57.5 Å². The second kappa shape index (κ2) is 12.3.